The lowest BCUT2D eigenvalue weighted by molar-refractivity contribution is 0.102. The summed E-state index contributed by atoms with van der Waals surface area (Å²) in [6, 6.07) is 23.2. The molecule has 0 saturated heterocycles. The molecule has 4 aromatic rings. The third-order valence-electron chi connectivity index (χ3n) is 5.31. The highest BCUT2D eigenvalue weighted by Gasteiger charge is 2.20. The number of ether oxygens (including phenoxy) is 1. The number of rotatable bonds is 5. The summed E-state index contributed by atoms with van der Waals surface area (Å²) in [4.78, 5) is 17.5. The minimum atomic E-state index is -0.230. The fourth-order valence-corrected chi connectivity index (χ4v) is 3.72. The largest absolute Gasteiger partial charge is 0.497 e. The first-order valence-electron chi connectivity index (χ1n) is 10.8. The molecule has 0 aliphatic carbocycles. The lowest BCUT2D eigenvalue weighted by Gasteiger charge is -2.21. The minimum Gasteiger partial charge on any atom is -0.497 e. The first-order chi connectivity index (χ1) is 15.7. The van der Waals surface area contributed by atoms with Crippen LogP contribution in [0.3, 0.4) is 0 Å². The van der Waals surface area contributed by atoms with Crippen molar-refractivity contribution in [2.24, 2.45) is 0 Å². The van der Waals surface area contributed by atoms with E-state index in [1.165, 1.54) is 0 Å². The number of aromatic nitrogens is 3. The van der Waals surface area contributed by atoms with Crippen LogP contribution in [0, 0.1) is 6.92 Å². The van der Waals surface area contributed by atoms with Crippen LogP contribution in [0.2, 0.25) is 0 Å². The van der Waals surface area contributed by atoms with E-state index in [1.54, 1.807) is 7.11 Å². The zero-order valence-corrected chi connectivity index (χ0v) is 19.6. The monoisotopic (exact) mass is 440 g/mol. The molecule has 0 fully saturated rings. The van der Waals surface area contributed by atoms with Crippen molar-refractivity contribution in [2.45, 2.75) is 33.2 Å². The van der Waals surface area contributed by atoms with Crippen molar-refractivity contribution >= 4 is 11.6 Å². The van der Waals surface area contributed by atoms with Crippen LogP contribution in [0.15, 0.2) is 72.8 Å². The summed E-state index contributed by atoms with van der Waals surface area (Å²) in [5.41, 5.74) is 5.55. The van der Waals surface area contributed by atoms with Gasteiger partial charge in [-0.2, -0.15) is 5.10 Å². The Morgan fingerprint density at radius 3 is 2.21 bits per heavy atom. The lowest BCUT2D eigenvalue weighted by Crippen LogP contribution is -2.25. The van der Waals surface area contributed by atoms with Gasteiger partial charge in [-0.15, -0.1) is 0 Å². The number of methoxy groups -OCH3 is 1. The van der Waals surface area contributed by atoms with E-state index in [4.69, 9.17) is 9.72 Å². The molecule has 0 aliphatic rings. The molecule has 33 heavy (non-hydrogen) atoms. The maximum Gasteiger partial charge on any atom is 0.276 e. The number of hydrogen-bond donors (Lipinski definition) is 1. The highest BCUT2D eigenvalue weighted by Crippen LogP contribution is 2.26. The van der Waals surface area contributed by atoms with E-state index in [9.17, 15) is 4.79 Å². The summed E-state index contributed by atoms with van der Waals surface area (Å²) in [6.45, 7) is 8.14. The van der Waals surface area contributed by atoms with Crippen LogP contribution in [0.4, 0.5) is 5.69 Å². The Bertz CT molecular complexity index is 1280. The highest BCUT2D eigenvalue weighted by molar-refractivity contribution is 6.03. The fraction of sp³-hybridized carbons (Fsp3) is 0.222. The quantitative estimate of drug-likeness (QED) is 0.417. The molecule has 4 rings (SSSR count). The molecule has 168 valence electrons. The molecule has 1 N–H and O–H groups in total. The molecule has 2 aromatic carbocycles. The normalized spacial score (nSPS) is 11.3. The fourth-order valence-electron chi connectivity index (χ4n) is 3.72. The van der Waals surface area contributed by atoms with E-state index in [2.05, 4.69) is 31.2 Å². The van der Waals surface area contributed by atoms with Crippen LogP contribution in [-0.4, -0.2) is 27.8 Å². The zero-order valence-electron chi connectivity index (χ0n) is 19.6. The molecule has 0 bridgehead atoms. The number of aryl methyl sites for hydroxylation is 1. The van der Waals surface area contributed by atoms with Crippen LogP contribution < -0.4 is 10.1 Å². The van der Waals surface area contributed by atoms with E-state index in [-0.39, 0.29) is 11.4 Å². The Kier molecular flexibility index (Phi) is 6.01. The Morgan fingerprint density at radius 1 is 0.909 bits per heavy atom. The second kappa shape index (κ2) is 8.90. The molecular formula is C27H28N4O2. The van der Waals surface area contributed by atoms with Gasteiger partial charge in [-0.3, -0.25) is 9.48 Å². The summed E-state index contributed by atoms with van der Waals surface area (Å²) >= 11 is 0. The second-order valence-corrected chi connectivity index (χ2v) is 8.93. The van der Waals surface area contributed by atoms with Gasteiger partial charge in [0.2, 0.25) is 0 Å². The van der Waals surface area contributed by atoms with Crippen molar-refractivity contribution in [3.8, 4) is 28.3 Å². The van der Waals surface area contributed by atoms with Crippen LogP contribution >= 0.6 is 0 Å². The predicted molar refractivity (Wildman–Crippen MR) is 132 cm³/mol. The zero-order chi connectivity index (χ0) is 23.6. The number of anilines is 1. The number of nitrogens with one attached hydrogen (secondary N) is 1. The van der Waals surface area contributed by atoms with Gasteiger partial charge in [0.05, 0.1) is 24.0 Å². The van der Waals surface area contributed by atoms with E-state index in [1.807, 2.05) is 84.4 Å². The molecular weight excluding hydrogens is 412 g/mol. The van der Waals surface area contributed by atoms with Gasteiger partial charge >= 0.3 is 0 Å². The second-order valence-electron chi connectivity index (χ2n) is 8.93. The van der Waals surface area contributed by atoms with Gasteiger partial charge in [0.15, 0.2) is 5.69 Å². The van der Waals surface area contributed by atoms with E-state index in [0.717, 1.165) is 34.0 Å². The highest BCUT2D eigenvalue weighted by atomic mass is 16.5. The Balaban J connectivity index is 1.51. The lowest BCUT2D eigenvalue weighted by atomic mass is 10.1. The number of pyridine rings is 1. The van der Waals surface area contributed by atoms with Gasteiger partial charge in [0.1, 0.15) is 5.75 Å². The van der Waals surface area contributed by atoms with E-state index in [0.29, 0.717) is 11.4 Å². The first kappa shape index (κ1) is 22.3. The number of amides is 1. The SMILES string of the molecule is COc1cccc(-c2cccc(-c3ccc(NC(=O)c4cc(C)n(C(C)(C)C)n4)cc3)n2)c1. The number of nitrogens with zero attached hydrogens (tertiary/aromatic N) is 3. The van der Waals surface area contributed by atoms with Gasteiger partial charge in [-0.05, 0) is 70.2 Å². The van der Waals surface area contributed by atoms with Crippen molar-refractivity contribution in [1.29, 1.82) is 0 Å². The maximum absolute atomic E-state index is 12.7. The van der Waals surface area contributed by atoms with Crippen LogP contribution in [-0.2, 0) is 5.54 Å². The number of carbonyl (C=O) groups excluding carboxylic acids is 1. The van der Waals surface area contributed by atoms with Crippen molar-refractivity contribution < 1.29 is 9.53 Å². The predicted octanol–water partition coefficient (Wildman–Crippen LogP) is 5.94. The van der Waals surface area contributed by atoms with Crippen LogP contribution in [0.25, 0.3) is 22.5 Å². The van der Waals surface area contributed by atoms with Crippen molar-refractivity contribution in [2.75, 3.05) is 12.4 Å². The molecule has 2 aromatic heterocycles. The Morgan fingerprint density at radius 2 is 1.58 bits per heavy atom. The molecule has 0 spiro atoms. The average Bonchev–Trinajstić information content (AvgIpc) is 3.22. The molecule has 0 unspecified atom stereocenters. The molecule has 0 atom stereocenters. The third-order valence-corrected chi connectivity index (χ3v) is 5.31. The number of carbonyl (C=O) groups is 1. The van der Waals surface area contributed by atoms with E-state index >= 15 is 0 Å². The standard InChI is InChI=1S/C27H28N4O2/c1-18-16-25(30-31(18)27(2,3)4)26(32)28-21-14-12-19(13-15-21)23-10-7-11-24(29-23)20-8-6-9-22(17-20)33-5/h6-17H,1-5H3,(H,28,32). The third kappa shape index (κ3) is 4.95. The Labute approximate surface area is 194 Å². The first-order valence-corrected chi connectivity index (χ1v) is 10.8. The van der Waals surface area contributed by atoms with Crippen molar-refractivity contribution in [3.63, 3.8) is 0 Å². The summed E-state index contributed by atoms with van der Waals surface area (Å²) in [6.07, 6.45) is 0. The topological polar surface area (TPSA) is 69.0 Å². The molecule has 0 saturated carbocycles. The maximum atomic E-state index is 12.7. The van der Waals surface area contributed by atoms with Crippen molar-refractivity contribution in [3.05, 3.63) is 84.2 Å². The van der Waals surface area contributed by atoms with Gasteiger partial charge in [0.25, 0.3) is 5.91 Å². The molecule has 1 amide bonds. The van der Waals surface area contributed by atoms with Gasteiger partial charge in [0, 0.05) is 22.5 Å². The minimum absolute atomic E-state index is 0.184. The molecule has 6 nitrogen and oxygen atoms in total. The van der Waals surface area contributed by atoms with Gasteiger partial charge in [-0.1, -0.05) is 30.3 Å². The number of benzene rings is 2. The summed E-state index contributed by atoms with van der Waals surface area (Å²) < 4.78 is 7.19. The Hall–Kier alpha value is -3.93. The van der Waals surface area contributed by atoms with Gasteiger partial charge < -0.3 is 10.1 Å². The van der Waals surface area contributed by atoms with Crippen molar-refractivity contribution in [1.82, 2.24) is 14.8 Å². The smallest absolute Gasteiger partial charge is 0.276 e. The van der Waals surface area contributed by atoms with Crippen LogP contribution in [0.5, 0.6) is 5.75 Å². The summed E-state index contributed by atoms with van der Waals surface area (Å²) in [5.74, 6) is 0.564. The molecule has 2 heterocycles. The molecule has 0 radical (unpaired) electrons. The average molecular weight is 441 g/mol. The summed E-state index contributed by atoms with van der Waals surface area (Å²) in [7, 11) is 1.65. The van der Waals surface area contributed by atoms with Gasteiger partial charge in [-0.25, -0.2) is 4.98 Å². The van der Waals surface area contributed by atoms with E-state index < -0.39 is 0 Å². The summed E-state index contributed by atoms with van der Waals surface area (Å²) in [5, 5.41) is 7.41. The van der Waals surface area contributed by atoms with Crippen LogP contribution in [0.1, 0.15) is 37.0 Å². The number of hydrogen-bond acceptors (Lipinski definition) is 4. The molecule has 0 aliphatic heterocycles. The molecule has 6 heteroatoms.